The number of nitrogens with zero attached hydrogens (tertiary/aromatic N) is 4. The van der Waals surface area contributed by atoms with Crippen LogP contribution in [-0.2, 0) is 17.7 Å². The fourth-order valence-electron chi connectivity index (χ4n) is 4.74. The highest BCUT2D eigenvalue weighted by Gasteiger charge is 2.36. The van der Waals surface area contributed by atoms with Crippen molar-refractivity contribution in [3.05, 3.63) is 22.4 Å². The van der Waals surface area contributed by atoms with Crippen LogP contribution in [0.4, 0.5) is 10.6 Å². The van der Waals surface area contributed by atoms with Crippen molar-refractivity contribution in [3.63, 3.8) is 0 Å². The molecule has 1 unspecified atom stereocenters. The van der Waals surface area contributed by atoms with Gasteiger partial charge < -0.3 is 19.9 Å². The van der Waals surface area contributed by atoms with Gasteiger partial charge in [0.2, 0.25) is 0 Å². The standard InChI is InChI=1S/C24H35N5O2/c1-15(2)21-19-13-29(23(30)31-24(3,4)5)10-8-17(19)18(12-25)22(27-21)28-11-9-26-20(14-28)16-6-7-16/h15-16,20,26H,6-11,13-14H2,1-5H3. The van der Waals surface area contributed by atoms with Gasteiger partial charge in [-0.1, -0.05) is 13.8 Å². The van der Waals surface area contributed by atoms with Crippen LogP contribution in [0.25, 0.3) is 0 Å². The van der Waals surface area contributed by atoms with Gasteiger partial charge in [0.25, 0.3) is 0 Å². The molecule has 7 nitrogen and oxygen atoms in total. The van der Waals surface area contributed by atoms with Crippen LogP contribution < -0.4 is 10.2 Å². The van der Waals surface area contributed by atoms with Crippen LogP contribution in [0.5, 0.6) is 0 Å². The first kappa shape index (κ1) is 21.9. The van der Waals surface area contributed by atoms with E-state index in [1.165, 1.54) is 12.8 Å². The number of fused-ring (bicyclic) bond motifs is 1. The number of ether oxygens (including phenoxy) is 1. The summed E-state index contributed by atoms with van der Waals surface area (Å²) in [4.78, 5) is 21.8. The number of amides is 1. The summed E-state index contributed by atoms with van der Waals surface area (Å²) >= 11 is 0. The van der Waals surface area contributed by atoms with Crippen LogP contribution in [-0.4, -0.2) is 53.8 Å². The molecule has 4 rings (SSSR count). The number of nitrogens with one attached hydrogen (secondary N) is 1. The molecule has 1 aromatic heterocycles. The van der Waals surface area contributed by atoms with E-state index in [1.54, 1.807) is 4.90 Å². The van der Waals surface area contributed by atoms with Gasteiger partial charge in [-0.3, -0.25) is 0 Å². The lowest BCUT2D eigenvalue weighted by molar-refractivity contribution is 0.0223. The monoisotopic (exact) mass is 425 g/mol. The Labute approximate surface area is 185 Å². The van der Waals surface area contributed by atoms with Gasteiger partial charge in [-0.2, -0.15) is 5.26 Å². The number of piperazine rings is 1. The molecule has 0 radical (unpaired) electrons. The maximum Gasteiger partial charge on any atom is 0.410 e. The summed E-state index contributed by atoms with van der Waals surface area (Å²) in [5.74, 6) is 1.81. The molecule has 3 aliphatic rings. The zero-order valence-corrected chi connectivity index (χ0v) is 19.5. The van der Waals surface area contributed by atoms with Crippen molar-refractivity contribution in [1.82, 2.24) is 15.2 Å². The molecule has 168 valence electrons. The fourth-order valence-corrected chi connectivity index (χ4v) is 4.74. The Balaban J connectivity index is 1.67. The van der Waals surface area contributed by atoms with E-state index >= 15 is 0 Å². The predicted molar refractivity (Wildman–Crippen MR) is 120 cm³/mol. The smallest absolute Gasteiger partial charge is 0.410 e. The van der Waals surface area contributed by atoms with E-state index in [2.05, 4.69) is 30.1 Å². The third kappa shape index (κ3) is 4.64. The molecule has 0 spiro atoms. The third-order valence-electron chi connectivity index (χ3n) is 6.41. The number of carbonyl (C=O) groups is 1. The molecular formula is C24H35N5O2. The average Bonchev–Trinajstić information content (AvgIpc) is 3.56. The number of carbonyl (C=O) groups excluding carboxylic acids is 1. The maximum absolute atomic E-state index is 12.7. The fraction of sp³-hybridized carbons (Fsp3) is 0.708. The molecule has 1 aromatic rings. The molecule has 2 fully saturated rings. The minimum absolute atomic E-state index is 0.209. The molecule has 3 heterocycles. The minimum atomic E-state index is -0.529. The maximum atomic E-state index is 12.7. The topological polar surface area (TPSA) is 81.5 Å². The van der Waals surface area contributed by atoms with Crippen molar-refractivity contribution in [1.29, 1.82) is 5.26 Å². The summed E-state index contributed by atoms with van der Waals surface area (Å²) in [7, 11) is 0. The van der Waals surface area contributed by atoms with Crippen molar-refractivity contribution in [2.24, 2.45) is 5.92 Å². The number of anilines is 1. The van der Waals surface area contributed by atoms with E-state index in [4.69, 9.17) is 9.72 Å². The second-order valence-corrected chi connectivity index (χ2v) is 10.4. The van der Waals surface area contributed by atoms with E-state index in [0.29, 0.717) is 31.1 Å². The molecule has 31 heavy (non-hydrogen) atoms. The number of hydrogen-bond donors (Lipinski definition) is 1. The molecule has 7 heteroatoms. The molecule has 0 bridgehead atoms. The van der Waals surface area contributed by atoms with Crippen molar-refractivity contribution >= 4 is 11.9 Å². The second-order valence-electron chi connectivity index (χ2n) is 10.4. The highest BCUT2D eigenvalue weighted by molar-refractivity contribution is 5.70. The molecule has 0 aromatic carbocycles. The van der Waals surface area contributed by atoms with Gasteiger partial charge in [0, 0.05) is 32.2 Å². The zero-order chi connectivity index (χ0) is 22.3. The molecule has 1 N–H and O–H groups in total. The molecule has 2 aliphatic heterocycles. The summed E-state index contributed by atoms with van der Waals surface area (Å²) in [5, 5.41) is 13.8. The van der Waals surface area contributed by atoms with Crippen LogP contribution in [0.3, 0.4) is 0 Å². The largest absolute Gasteiger partial charge is 0.444 e. The summed E-state index contributed by atoms with van der Waals surface area (Å²) in [5.41, 5.74) is 3.26. The Kier molecular flexibility index (Phi) is 5.87. The van der Waals surface area contributed by atoms with E-state index in [-0.39, 0.29) is 12.0 Å². The van der Waals surface area contributed by atoms with Gasteiger partial charge in [-0.25, -0.2) is 9.78 Å². The van der Waals surface area contributed by atoms with Gasteiger partial charge in [0.05, 0.1) is 17.8 Å². The van der Waals surface area contributed by atoms with Gasteiger partial charge in [0.1, 0.15) is 17.5 Å². The number of hydrogen-bond acceptors (Lipinski definition) is 6. The Bertz CT molecular complexity index is 895. The van der Waals surface area contributed by atoms with Gasteiger partial charge in [-0.05, 0) is 63.0 Å². The summed E-state index contributed by atoms with van der Waals surface area (Å²) in [6.45, 7) is 13.6. The number of rotatable bonds is 3. The van der Waals surface area contributed by atoms with Crippen LogP contribution >= 0.6 is 0 Å². The van der Waals surface area contributed by atoms with Gasteiger partial charge in [-0.15, -0.1) is 0 Å². The first-order valence-electron chi connectivity index (χ1n) is 11.6. The summed E-state index contributed by atoms with van der Waals surface area (Å²) in [6.07, 6.45) is 2.95. The molecule has 1 aliphatic carbocycles. The number of nitriles is 1. The number of aromatic nitrogens is 1. The normalized spacial score (nSPS) is 21.6. The molecule has 1 amide bonds. The Morgan fingerprint density at radius 2 is 2.00 bits per heavy atom. The van der Waals surface area contributed by atoms with Crippen molar-refractivity contribution < 1.29 is 9.53 Å². The lowest BCUT2D eigenvalue weighted by atomic mass is 9.90. The van der Waals surface area contributed by atoms with E-state index in [0.717, 1.165) is 48.2 Å². The summed E-state index contributed by atoms with van der Waals surface area (Å²) < 4.78 is 5.59. The Morgan fingerprint density at radius 1 is 1.26 bits per heavy atom. The highest BCUT2D eigenvalue weighted by atomic mass is 16.6. The first-order chi connectivity index (χ1) is 14.7. The van der Waals surface area contributed by atoms with Gasteiger partial charge in [0.15, 0.2) is 0 Å². The predicted octanol–water partition coefficient (Wildman–Crippen LogP) is 3.56. The second kappa shape index (κ2) is 8.31. The molecule has 1 saturated heterocycles. The van der Waals surface area contributed by atoms with E-state index in [9.17, 15) is 10.1 Å². The van der Waals surface area contributed by atoms with Crippen LogP contribution in [0.1, 0.15) is 75.8 Å². The first-order valence-corrected chi connectivity index (χ1v) is 11.6. The van der Waals surface area contributed by atoms with E-state index in [1.807, 2.05) is 20.8 Å². The van der Waals surface area contributed by atoms with Gasteiger partial charge >= 0.3 is 6.09 Å². The molecular weight excluding hydrogens is 390 g/mol. The Morgan fingerprint density at radius 3 is 2.61 bits per heavy atom. The summed E-state index contributed by atoms with van der Waals surface area (Å²) in [6, 6.07) is 2.96. The molecule has 1 saturated carbocycles. The van der Waals surface area contributed by atoms with Crippen LogP contribution in [0.15, 0.2) is 0 Å². The van der Waals surface area contributed by atoms with Crippen LogP contribution in [0, 0.1) is 17.2 Å². The quantitative estimate of drug-likeness (QED) is 0.797. The zero-order valence-electron chi connectivity index (χ0n) is 19.5. The van der Waals surface area contributed by atoms with Crippen LogP contribution in [0.2, 0.25) is 0 Å². The number of pyridine rings is 1. The van der Waals surface area contributed by atoms with Crippen molar-refractivity contribution in [2.75, 3.05) is 31.1 Å². The van der Waals surface area contributed by atoms with E-state index < -0.39 is 5.60 Å². The minimum Gasteiger partial charge on any atom is -0.444 e. The Hall–Kier alpha value is -2.33. The van der Waals surface area contributed by atoms with Crippen molar-refractivity contribution in [3.8, 4) is 6.07 Å². The molecule has 1 atom stereocenters. The third-order valence-corrected chi connectivity index (χ3v) is 6.41. The average molecular weight is 426 g/mol. The highest BCUT2D eigenvalue weighted by Crippen LogP contribution is 2.37. The lowest BCUT2D eigenvalue weighted by Crippen LogP contribution is -2.52. The van der Waals surface area contributed by atoms with Crippen molar-refractivity contribution in [2.45, 2.75) is 78.0 Å². The SMILES string of the molecule is CC(C)c1nc(N2CCNC(C3CC3)C2)c(C#N)c2c1CN(C(=O)OC(C)(C)C)CC2. The lowest BCUT2D eigenvalue weighted by Gasteiger charge is -2.37.